The number of hydrogen-bond donors (Lipinski definition) is 0. The molecule has 2 aliphatic rings. The Bertz CT molecular complexity index is 3220. The molecule has 8 aromatic rings. The van der Waals surface area contributed by atoms with E-state index < -0.39 is 16.8 Å². The molecule has 2 aliphatic heterocycles. The zero-order chi connectivity index (χ0) is 44.4. The number of anilines is 1. The van der Waals surface area contributed by atoms with Crippen LogP contribution in [-0.2, 0) is 10.8 Å². The highest BCUT2D eigenvalue weighted by Gasteiger charge is 2.42. The minimum Gasteiger partial charge on any atom is -0.488 e. The Morgan fingerprint density at radius 3 is 1.86 bits per heavy atom. The number of fused-ring (bicyclic) bond motifs is 4. The van der Waals surface area contributed by atoms with Gasteiger partial charge in [-0.05, 0) is 106 Å². The maximum absolute atomic E-state index is 13.7. The first-order chi connectivity index (χ1) is 29.7. The second-order valence-corrected chi connectivity index (χ2v) is 20.6. The van der Waals surface area contributed by atoms with E-state index >= 15 is 0 Å². The molecule has 0 atom stereocenters. The van der Waals surface area contributed by atoms with Gasteiger partial charge in [0, 0.05) is 65.1 Å². The number of furan rings is 2. The average molecular weight is 844 g/mol. The summed E-state index contributed by atoms with van der Waals surface area (Å²) in [6, 6.07) is 28.7. The van der Waals surface area contributed by atoms with Gasteiger partial charge in [-0.15, -0.1) is 0 Å². The molecular formula is C54H53NO8. The number of hydrogen-bond acceptors (Lipinski definition) is 9. The lowest BCUT2D eigenvalue weighted by Crippen LogP contribution is -2.44. The molecule has 0 spiro atoms. The second-order valence-electron chi connectivity index (χ2n) is 20.6. The summed E-state index contributed by atoms with van der Waals surface area (Å²) in [6.07, 6.45) is 2.09. The van der Waals surface area contributed by atoms with Crippen molar-refractivity contribution in [3.8, 4) is 56.4 Å². The standard InChI is InChI=1S/C54H53NO8/c1-51(2,3)62-35-25-42-38(43(26-35)63-52(4,5)6)27-37(49(56)60-42)32-12-11-13-33(22-32)41-29-45-44(59-41)28-40(58-45)31-16-14-30(15-17-31)36-23-34-24-39-47-46(48(34)61-50(36)57)54(9,10)19-21-55(47)20-18-53(39,7)8/h11-17,22-29H,18-21H2,1-10H3. The molecule has 0 aliphatic carbocycles. The van der Waals surface area contributed by atoms with Crippen LogP contribution in [0.3, 0.4) is 0 Å². The molecule has 0 bridgehead atoms. The largest absolute Gasteiger partial charge is 0.488 e. The summed E-state index contributed by atoms with van der Waals surface area (Å²) < 4.78 is 37.3. The van der Waals surface area contributed by atoms with E-state index in [2.05, 4.69) is 38.7 Å². The Labute approximate surface area is 366 Å². The van der Waals surface area contributed by atoms with Crippen LogP contribution in [0.15, 0.2) is 118 Å². The molecule has 0 saturated carbocycles. The van der Waals surface area contributed by atoms with Crippen LogP contribution in [-0.4, -0.2) is 24.3 Å². The molecule has 4 aromatic carbocycles. The number of ether oxygens (including phenoxy) is 2. The molecule has 0 fully saturated rings. The van der Waals surface area contributed by atoms with Crippen molar-refractivity contribution in [3.63, 3.8) is 0 Å². The Hall–Kier alpha value is -6.48. The molecule has 9 heteroatoms. The van der Waals surface area contributed by atoms with Gasteiger partial charge in [0.2, 0.25) is 0 Å². The maximum Gasteiger partial charge on any atom is 0.344 e. The molecule has 63 heavy (non-hydrogen) atoms. The lowest BCUT2D eigenvalue weighted by molar-refractivity contribution is 0.122. The quantitative estimate of drug-likeness (QED) is 0.151. The van der Waals surface area contributed by atoms with Crippen LogP contribution < -0.4 is 25.6 Å². The van der Waals surface area contributed by atoms with Crippen molar-refractivity contribution in [2.24, 2.45) is 0 Å². The van der Waals surface area contributed by atoms with Gasteiger partial charge in [-0.2, -0.15) is 0 Å². The van der Waals surface area contributed by atoms with Gasteiger partial charge in [-0.25, -0.2) is 9.59 Å². The Balaban J connectivity index is 0.941. The molecule has 6 heterocycles. The minimum absolute atomic E-state index is 0.0178. The van der Waals surface area contributed by atoms with Gasteiger partial charge in [-0.1, -0.05) is 70.2 Å². The highest BCUT2D eigenvalue weighted by molar-refractivity contribution is 5.93. The van der Waals surface area contributed by atoms with Gasteiger partial charge in [0.1, 0.15) is 45.4 Å². The molecule has 9 nitrogen and oxygen atoms in total. The third kappa shape index (κ3) is 7.31. The van der Waals surface area contributed by atoms with Crippen molar-refractivity contribution in [2.75, 3.05) is 18.0 Å². The van der Waals surface area contributed by atoms with E-state index in [1.54, 1.807) is 6.07 Å². The van der Waals surface area contributed by atoms with Gasteiger partial charge in [0.05, 0.1) is 16.5 Å². The van der Waals surface area contributed by atoms with Crippen LogP contribution in [0.5, 0.6) is 11.5 Å². The Morgan fingerprint density at radius 2 is 1.17 bits per heavy atom. The van der Waals surface area contributed by atoms with E-state index in [9.17, 15) is 9.59 Å². The van der Waals surface area contributed by atoms with E-state index in [1.165, 1.54) is 11.3 Å². The molecule has 10 rings (SSSR count). The van der Waals surface area contributed by atoms with Gasteiger partial charge in [0.15, 0.2) is 11.2 Å². The second kappa shape index (κ2) is 14.0. The third-order valence-corrected chi connectivity index (χ3v) is 12.5. The summed E-state index contributed by atoms with van der Waals surface area (Å²) in [5.41, 5.74) is 8.10. The molecule has 322 valence electrons. The fourth-order valence-electron chi connectivity index (χ4n) is 9.32. The summed E-state index contributed by atoms with van der Waals surface area (Å²) in [7, 11) is 0. The predicted molar refractivity (Wildman–Crippen MR) is 251 cm³/mol. The molecule has 4 aromatic heterocycles. The molecular weight excluding hydrogens is 791 g/mol. The molecule has 0 N–H and O–H groups in total. The zero-order valence-electron chi connectivity index (χ0n) is 37.7. The van der Waals surface area contributed by atoms with Crippen LogP contribution in [0.4, 0.5) is 5.69 Å². The van der Waals surface area contributed by atoms with Crippen molar-refractivity contribution < 1.29 is 27.1 Å². The van der Waals surface area contributed by atoms with Crippen molar-refractivity contribution in [1.82, 2.24) is 0 Å². The topological polar surface area (TPSA) is 108 Å². The van der Waals surface area contributed by atoms with Gasteiger partial charge in [-0.3, -0.25) is 0 Å². The predicted octanol–water partition coefficient (Wildman–Crippen LogP) is 13.4. The van der Waals surface area contributed by atoms with Gasteiger partial charge in [0.25, 0.3) is 0 Å². The molecule has 0 unspecified atom stereocenters. The van der Waals surface area contributed by atoms with E-state index in [0.29, 0.717) is 67.4 Å². The highest BCUT2D eigenvalue weighted by atomic mass is 16.5. The summed E-state index contributed by atoms with van der Waals surface area (Å²) in [6.45, 7) is 23.0. The minimum atomic E-state index is -0.507. The zero-order valence-corrected chi connectivity index (χ0v) is 37.7. The first-order valence-electron chi connectivity index (χ1n) is 21.9. The SMILES string of the molecule is CC(C)(C)Oc1cc(OC(C)(C)C)c2cc(-c3cccc(-c4cc5oc(-c6ccc(-c7cc8cc9c%10c(c8oc7=O)C(C)(C)CCN%10CCC9(C)C)cc6)cc5o4)c3)c(=O)oc2c1. The van der Waals surface area contributed by atoms with Crippen LogP contribution in [0.25, 0.3) is 78.0 Å². The normalized spacial score (nSPS) is 15.9. The van der Waals surface area contributed by atoms with Crippen LogP contribution in [0, 0.1) is 0 Å². The van der Waals surface area contributed by atoms with Crippen molar-refractivity contribution >= 4 is 38.8 Å². The Kier molecular flexibility index (Phi) is 9.03. The van der Waals surface area contributed by atoms with E-state index in [4.69, 9.17) is 27.1 Å². The highest BCUT2D eigenvalue weighted by Crippen LogP contribution is 2.52. The smallest absolute Gasteiger partial charge is 0.344 e. The fraction of sp³-hybridized carbons (Fsp3) is 0.333. The third-order valence-electron chi connectivity index (χ3n) is 12.5. The molecule has 0 amide bonds. The first-order valence-corrected chi connectivity index (χ1v) is 21.9. The van der Waals surface area contributed by atoms with E-state index in [-0.39, 0.29) is 16.5 Å². The number of benzene rings is 4. The monoisotopic (exact) mass is 843 g/mol. The van der Waals surface area contributed by atoms with Crippen LogP contribution in [0.1, 0.15) is 93.2 Å². The summed E-state index contributed by atoms with van der Waals surface area (Å²) >= 11 is 0. The number of nitrogens with zero attached hydrogens (tertiary/aromatic N) is 1. The fourth-order valence-corrected chi connectivity index (χ4v) is 9.32. The van der Waals surface area contributed by atoms with Gasteiger partial charge >= 0.3 is 11.3 Å². The summed E-state index contributed by atoms with van der Waals surface area (Å²) in [5.74, 6) is 2.34. The van der Waals surface area contributed by atoms with Gasteiger partial charge < -0.3 is 32.0 Å². The maximum atomic E-state index is 13.7. The molecule has 0 radical (unpaired) electrons. The van der Waals surface area contributed by atoms with Crippen molar-refractivity contribution in [2.45, 2.75) is 104 Å². The van der Waals surface area contributed by atoms with Crippen molar-refractivity contribution in [1.29, 1.82) is 0 Å². The summed E-state index contributed by atoms with van der Waals surface area (Å²) in [4.78, 5) is 29.8. The lowest BCUT2D eigenvalue weighted by atomic mass is 9.69. The van der Waals surface area contributed by atoms with E-state index in [1.807, 2.05) is 120 Å². The summed E-state index contributed by atoms with van der Waals surface area (Å²) in [5, 5.41) is 1.62. The first kappa shape index (κ1) is 40.6. The Morgan fingerprint density at radius 1 is 0.571 bits per heavy atom. The van der Waals surface area contributed by atoms with Crippen LogP contribution >= 0.6 is 0 Å². The average Bonchev–Trinajstić information content (AvgIpc) is 3.79. The van der Waals surface area contributed by atoms with Crippen molar-refractivity contribution in [3.05, 3.63) is 123 Å². The molecule has 0 saturated heterocycles. The van der Waals surface area contributed by atoms with E-state index in [0.717, 1.165) is 53.6 Å². The number of rotatable bonds is 6. The van der Waals surface area contributed by atoms with Crippen LogP contribution in [0.2, 0.25) is 0 Å². The lowest BCUT2D eigenvalue weighted by Gasteiger charge is -2.48.